The Labute approximate surface area is 168 Å². The highest BCUT2D eigenvalue weighted by atomic mass is 16.2. The number of nitrogens with one attached hydrogen (secondary N) is 1. The number of rotatable bonds is 3. The molecule has 2 heterocycles. The maximum atomic E-state index is 13.1. The first-order valence-electron chi connectivity index (χ1n) is 9.33. The molecule has 0 spiro atoms. The van der Waals surface area contributed by atoms with E-state index in [-0.39, 0.29) is 17.5 Å². The van der Waals surface area contributed by atoms with Gasteiger partial charge in [0.05, 0.1) is 11.6 Å². The summed E-state index contributed by atoms with van der Waals surface area (Å²) in [5.41, 5.74) is 3.56. The van der Waals surface area contributed by atoms with E-state index in [1.807, 2.05) is 30.3 Å². The van der Waals surface area contributed by atoms with Crippen molar-refractivity contribution in [2.45, 2.75) is 12.8 Å². The maximum Gasteiger partial charge on any atom is 0.276 e. The van der Waals surface area contributed by atoms with E-state index in [1.165, 1.54) is 12.3 Å². The van der Waals surface area contributed by atoms with E-state index in [0.29, 0.717) is 23.4 Å². The van der Waals surface area contributed by atoms with Crippen LogP contribution in [0, 0.1) is 11.3 Å². The topological polar surface area (TPSA) is 86.1 Å². The minimum absolute atomic E-state index is 0.222. The number of hydrogen-bond donors (Lipinski definition) is 1. The van der Waals surface area contributed by atoms with Crippen molar-refractivity contribution >= 4 is 23.2 Å². The number of para-hydroxylation sites is 1. The number of nitrogens with zero attached hydrogens (tertiary/aromatic N) is 3. The molecule has 0 unspecified atom stereocenters. The molecular weight excluding hydrogens is 364 g/mol. The average molecular weight is 382 g/mol. The molecule has 0 saturated carbocycles. The van der Waals surface area contributed by atoms with E-state index >= 15 is 0 Å². The van der Waals surface area contributed by atoms with Gasteiger partial charge in [-0.15, -0.1) is 0 Å². The van der Waals surface area contributed by atoms with Crippen molar-refractivity contribution in [3.63, 3.8) is 0 Å². The quantitative estimate of drug-likeness (QED) is 0.746. The van der Waals surface area contributed by atoms with Crippen molar-refractivity contribution in [1.29, 1.82) is 5.26 Å². The zero-order valence-corrected chi connectivity index (χ0v) is 15.6. The highest BCUT2D eigenvalue weighted by Gasteiger charge is 2.24. The number of carbonyl (C=O) groups is 2. The first-order chi connectivity index (χ1) is 14.2. The van der Waals surface area contributed by atoms with E-state index in [0.717, 1.165) is 24.1 Å². The molecule has 1 aromatic heterocycles. The number of aryl methyl sites for hydroxylation is 1. The fourth-order valence-electron chi connectivity index (χ4n) is 3.44. The van der Waals surface area contributed by atoms with Crippen LogP contribution >= 0.6 is 0 Å². The second kappa shape index (κ2) is 7.95. The minimum Gasteiger partial charge on any atom is -0.322 e. The van der Waals surface area contributed by atoms with E-state index in [1.54, 1.807) is 35.2 Å². The summed E-state index contributed by atoms with van der Waals surface area (Å²) in [7, 11) is 0. The van der Waals surface area contributed by atoms with Crippen LogP contribution < -0.4 is 10.2 Å². The first kappa shape index (κ1) is 18.4. The summed E-state index contributed by atoms with van der Waals surface area (Å²) in [6.07, 6.45) is 3.29. The van der Waals surface area contributed by atoms with Crippen molar-refractivity contribution in [2.75, 3.05) is 16.8 Å². The van der Waals surface area contributed by atoms with Gasteiger partial charge in [-0.05, 0) is 54.8 Å². The third kappa shape index (κ3) is 3.85. The highest BCUT2D eigenvalue weighted by Crippen LogP contribution is 2.28. The molecule has 4 rings (SSSR count). The van der Waals surface area contributed by atoms with Crippen molar-refractivity contribution in [3.8, 4) is 6.07 Å². The summed E-state index contributed by atoms with van der Waals surface area (Å²) in [6, 6.07) is 19.6. The van der Waals surface area contributed by atoms with Crippen LogP contribution in [-0.4, -0.2) is 23.3 Å². The number of fused-ring (bicyclic) bond motifs is 1. The molecule has 0 saturated heterocycles. The number of anilines is 2. The summed E-state index contributed by atoms with van der Waals surface area (Å²) in [4.78, 5) is 31.6. The lowest BCUT2D eigenvalue weighted by Crippen LogP contribution is -2.36. The second-order valence-corrected chi connectivity index (χ2v) is 6.77. The predicted molar refractivity (Wildman–Crippen MR) is 110 cm³/mol. The second-order valence-electron chi connectivity index (χ2n) is 6.77. The van der Waals surface area contributed by atoms with Crippen LogP contribution in [0.5, 0.6) is 0 Å². The lowest BCUT2D eigenvalue weighted by molar-refractivity contribution is 0.0980. The predicted octanol–water partition coefficient (Wildman–Crippen LogP) is 3.80. The summed E-state index contributed by atoms with van der Waals surface area (Å²) in [5.74, 6) is -0.589. The standard InChI is InChI=1S/C23H18N4O2/c24-15-16-5-3-8-19(13-16)26-22(28)18-10-11-25-20(14-18)23(29)27-12-4-7-17-6-1-2-9-21(17)27/h1-3,5-6,8-11,13-14H,4,7,12H2,(H,26,28). The molecule has 142 valence electrons. The van der Waals surface area contributed by atoms with Crippen molar-refractivity contribution in [3.05, 3.63) is 89.2 Å². The lowest BCUT2D eigenvalue weighted by atomic mass is 10.0. The number of benzene rings is 2. The van der Waals surface area contributed by atoms with Gasteiger partial charge in [0.1, 0.15) is 5.69 Å². The van der Waals surface area contributed by atoms with Crippen molar-refractivity contribution in [1.82, 2.24) is 4.98 Å². The average Bonchev–Trinajstić information content (AvgIpc) is 2.78. The van der Waals surface area contributed by atoms with Gasteiger partial charge < -0.3 is 10.2 Å². The molecule has 1 aliphatic rings. The zero-order valence-electron chi connectivity index (χ0n) is 15.6. The Balaban J connectivity index is 1.57. The Bertz CT molecular complexity index is 1130. The Hall–Kier alpha value is -3.98. The number of pyridine rings is 1. The van der Waals surface area contributed by atoms with Crippen LogP contribution in [0.4, 0.5) is 11.4 Å². The molecule has 2 amide bonds. The summed E-state index contributed by atoms with van der Waals surface area (Å²) in [5, 5.41) is 11.7. The fourth-order valence-corrected chi connectivity index (χ4v) is 3.44. The largest absolute Gasteiger partial charge is 0.322 e. The van der Waals surface area contributed by atoms with E-state index in [4.69, 9.17) is 5.26 Å². The smallest absolute Gasteiger partial charge is 0.276 e. The van der Waals surface area contributed by atoms with Gasteiger partial charge in [-0.2, -0.15) is 5.26 Å². The molecule has 6 nitrogen and oxygen atoms in total. The van der Waals surface area contributed by atoms with Crippen LogP contribution in [-0.2, 0) is 6.42 Å². The molecule has 2 aromatic carbocycles. The summed E-state index contributed by atoms with van der Waals surface area (Å²) >= 11 is 0. The summed E-state index contributed by atoms with van der Waals surface area (Å²) in [6.45, 7) is 0.620. The Morgan fingerprint density at radius 1 is 1.07 bits per heavy atom. The molecule has 0 radical (unpaired) electrons. The number of aromatic nitrogens is 1. The zero-order chi connectivity index (χ0) is 20.2. The first-order valence-corrected chi connectivity index (χ1v) is 9.33. The Kier molecular flexibility index (Phi) is 5.04. The molecular formula is C23H18N4O2. The van der Waals surface area contributed by atoms with Gasteiger partial charge in [-0.25, -0.2) is 0 Å². The Morgan fingerprint density at radius 3 is 2.79 bits per heavy atom. The van der Waals surface area contributed by atoms with E-state index < -0.39 is 0 Å². The van der Waals surface area contributed by atoms with Crippen molar-refractivity contribution in [2.24, 2.45) is 0 Å². The summed E-state index contributed by atoms with van der Waals surface area (Å²) < 4.78 is 0. The monoisotopic (exact) mass is 382 g/mol. The highest BCUT2D eigenvalue weighted by molar-refractivity contribution is 6.09. The molecule has 6 heteroatoms. The molecule has 0 atom stereocenters. The van der Waals surface area contributed by atoms with Crippen LogP contribution in [0.15, 0.2) is 66.9 Å². The maximum absolute atomic E-state index is 13.1. The molecule has 1 aliphatic heterocycles. The van der Waals surface area contributed by atoms with Gasteiger partial charge in [0.25, 0.3) is 11.8 Å². The van der Waals surface area contributed by atoms with Gasteiger partial charge in [-0.1, -0.05) is 24.3 Å². The van der Waals surface area contributed by atoms with Crippen LogP contribution in [0.2, 0.25) is 0 Å². The molecule has 0 fully saturated rings. The number of hydrogen-bond acceptors (Lipinski definition) is 4. The molecule has 3 aromatic rings. The van der Waals surface area contributed by atoms with Gasteiger partial charge in [0.15, 0.2) is 0 Å². The fraction of sp³-hybridized carbons (Fsp3) is 0.130. The normalized spacial score (nSPS) is 12.6. The van der Waals surface area contributed by atoms with Gasteiger partial charge in [-0.3, -0.25) is 14.6 Å². The SMILES string of the molecule is N#Cc1cccc(NC(=O)c2ccnc(C(=O)N3CCCc4ccccc43)c2)c1. The Morgan fingerprint density at radius 2 is 1.93 bits per heavy atom. The van der Waals surface area contributed by atoms with Gasteiger partial charge in [0.2, 0.25) is 0 Å². The molecule has 0 bridgehead atoms. The minimum atomic E-state index is -0.365. The third-order valence-electron chi connectivity index (χ3n) is 4.85. The van der Waals surface area contributed by atoms with E-state index in [9.17, 15) is 9.59 Å². The van der Waals surface area contributed by atoms with Gasteiger partial charge >= 0.3 is 0 Å². The van der Waals surface area contributed by atoms with E-state index in [2.05, 4.69) is 10.3 Å². The van der Waals surface area contributed by atoms with Crippen molar-refractivity contribution < 1.29 is 9.59 Å². The van der Waals surface area contributed by atoms with Gasteiger partial charge in [0, 0.05) is 29.7 Å². The van der Waals surface area contributed by atoms with Crippen LogP contribution in [0.3, 0.4) is 0 Å². The number of amides is 2. The number of nitriles is 1. The molecule has 29 heavy (non-hydrogen) atoms. The third-order valence-corrected chi connectivity index (χ3v) is 4.85. The lowest BCUT2D eigenvalue weighted by Gasteiger charge is -2.29. The van der Waals surface area contributed by atoms with Crippen LogP contribution in [0.25, 0.3) is 0 Å². The molecule has 0 aliphatic carbocycles. The molecule has 1 N–H and O–H groups in total. The number of carbonyl (C=O) groups excluding carboxylic acids is 2. The van der Waals surface area contributed by atoms with Crippen LogP contribution in [0.1, 0.15) is 38.4 Å².